The van der Waals surface area contributed by atoms with Crippen molar-refractivity contribution in [1.82, 2.24) is 5.32 Å². The molecule has 19 heavy (non-hydrogen) atoms. The Balaban J connectivity index is 2.23. The van der Waals surface area contributed by atoms with Crippen molar-refractivity contribution < 1.29 is 4.39 Å². The number of rotatable bonds is 5. The largest absolute Gasteiger partial charge is 0.309 e. The Morgan fingerprint density at radius 1 is 1.32 bits per heavy atom. The van der Waals surface area contributed by atoms with Gasteiger partial charge in [-0.15, -0.1) is 11.3 Å². The highest BCUT2D eigenvalue weighted by molar-refractivity contribution is 9.10. The minimum Gasteiger partial charge on any atom is -0.309 e. The molecule has 0 bridgehead atoms. The standard InChI is InChI=1S/C15H17BrFNS/c1-3-8-18-10(2)14-6-7-15(19-14)12-9-11(16)4-5-13(12)17/h4-7,9-10,18H,3,8H2,1-2H3. The molecule has 2 rings (SSSR count). The van der Waals surface area contributed by atoms with Crippen LogP contribution in [0, 0.1) is 5.82 Å². The minimum absolute atomic E-state index is 0.175. The summed E-state index contributed by atoms with van der Waals surface area (Å²) < 4.78 is 14.7. The van der Waals surface area contributed by atoms with Crippen molar-refractivity contribution in [3.63, 3.8) is 0 Å². The van der Waals surface area contributed by atoms with Crippen LogP contribution in [0.25, 0.3) is 10.4 Å². The van der Waals surface area contributed by atoms with E-state index in [2.05, 4.69) is 41.2 Å². The highest BCUT2D eigenvalue weighted by Crippen LogP contribution is 2.34. The van der Waals surface area contributed by atoms with Crippen LogP contribution in [0.3, 0.4) is 0 Å². The lowest BCUT2D eigenvalue weighted by Gasteiger charge is -2.10. The van der Waals surface area contributed by atoms with Crippen molar-refractivity contribution in [2.75, 3.05) is 6.54 Å². The van der Waals surface area contributed by atoms with Gasteiger partial charge in [0.1, 0.15) is 5.82 Å². The fourth-order valence-electron chi connectivity index (χ4n) is 1.88. The van der Waals surface area contributed by atoms with Crippen LogP contribution < -0.4 is 5.32 Å². The summed E-state index contributed by atoms with van der Waals surface area (Å²) in [5.74, 6) is -0.175. The molecule has 1 nitrogen and oxygen atoms in total. The molecule has 0 saturated carbocycles. The molecule has 0 amide bonds. The number of hydrogen-bond acceptors (Lipinski definition) is 2. The van der Waals surface area contributed by atoms with E-state index in [9.17, 15) is 4.39 Å². The number of thiophene rings is 1. The molecular weight excluding hydrogens is 325 g/mol. The molecule has 1 aromatic heterocycles. The van der Waals surface area contributed by atoms with E-state index in [1.54, 1.807) is 17.4 Å². The maximum Gasteiger partial charge on any atom is 0.131 e. The third-order valence-corrected chi connectivity index (χ3v) is 4.74. The van der Waals surface area contributed by atoms with Crippen LogP contribution in [-0.2, 0) is 0 Å². The van der Waals surface area contributed by atoms with Crippen LogP contribution in [0.2, 0.25) is 0 Å². The highest BCUT2D eigenvalue weighted by Gasteiger charge is 2.12. The third kappa shape index (κ3) is 3.65. The molecule has 0 aliphatic heterocycles. The summed E-state index contributed by atoms with van der Waals surface area (Å²) in [6, 6.07) is 9.43. The smallest absolute Gasteiger partial charge is 0.131 e. The van der Waals surface area contributed by atoms with Crippen molar-refractivity contribution in [3.8, 4) is 10.4 Å². The Kier molecular flexibility index (Phi) is 5.13. The highest BCUT2D eigenvalue weighted by atomic mass is 79.9. The molecule has 0 aliphatic rings. The zero-order chi connectivity index (χ0) is 13.8. The first-order valence-electron chi connectivity index (χ1n) is 6.40. The Bertz CT molecular complexity index is 553. The lowest BCUT2D eigenvalue weighted by atomic mass is 10.2. The molecule has 102 valence electrons. The van der Waals surface area contributed by atoms with Crippen molar-refractivity contribution >= 4 is 27.3 Å². The van der Waals surface area contributed by atoms with Crippen LogP contribution in [0.4, 0.5) is 4.39 Å². The second-order valence-corrected chi connectivity index (χ2v) is 6.53. The van der Waals surface area contributed by atoms with Gasteiger partial charge < -0.3 is 5.32 Å². The predicted octanol–water partition coefficient (Wildman–Crippen LogP) is 5.38. The van der Waals surface area contributed by atoms with Crippen LogP contribution in [0.1, 0.15) is 31.2 Å². The number of halogens is 2. The van der Waals surface area contributed by atoms with E-state index in [0.29, 0.717) is 11.6 Å². The van der Waals surface area contributed by atoms with Gasteiger partial charge in [-0.05, 0) is 50.2 Å². The molecule has 4 heteroatoms. The maximum absolute atomic E-state index is 13.8. The van der Waals surface area contributed by atoms with Gasteiger partial charge in [0.05, 0.1) is 0 Å². The van der Waals surface area contributed by atoms with E-state index in [-0.39, 0.29) is 5.82 Å². The molecule has 1 heterocycles. The quantitative estimate of drug-likeness (QED) is 0.769. The molecular formula is C15H17BrFNS. The van der Waals surface area contributed by atoms with Crippen molar-refractivity contribution in [2.45, 2.75) is 26.3 Å². The first-order valence-corrected chi connectivity index (χ1v) is 8.01. The summed E-state index contributed by atoms with van der Waals surface area (Å²) >= 11 is 5.03. The summed E-state index contributed by atoms with van der Waals surface area (Å²) in [4.78, 5) is 2.21. The minimum atomic E-state index is -0.175. The molecule has 0 radical (unpaired) electrons. The summed E-state index contributed by atoms with van der Waals surface area (Å²) in [7, 11) is 0. The van der Waals surface area contributed by atoms with Gasteiger partial charge in [0.25, 0.3) is 0 Å². The van der Waals surface area contributed by atoms with E-state index in [0.717, 1.165) is 22.3 Å². The number of nitrogens with one attached hydrogen (secondary N) is 1. The molecule has 0 saturated heterocycles. The van der Waals surface area contributed by atoms with Crippen LogP contribution >= 0.6 is 27.3 Å². The van der Waals surface area contributed by atoms with Gasteiger partial charge in [0.15, 0.2) is 0 Å². The van der Waals surface area contributed by atoms with E-state index < -0.39 is 0 Å². The molecule has 1 unspecified atom stereocenters. The lowest BCUT2D eigenvalue weighted by molar-refractivity contribution is 0.578. The van der Waals surface area contributed by atoms with Gasteiger partial charge in [0.2, 0.25) is 0 Å². The maximum atomic E-state index is 13.8. The Morgan fingerprint density at radius 3 is 2.84 bits per heavy atom. The molecule has 1 N–H and O–H groups in total. The second-order valence-electron chi connectivity index (χ2n) is 4.50. The molecule has 0 fully saturated rings. The van der Waals surface area contributed by atoms with Crippen molar-refractivity contribution in [2.24, 2.45) is 0 Å². The summed E-state index contributed by atoms with van der Waals surface area (Å²) in [5, 5.41) is 3.45. The fourth-order valence-corrected chi connectivity index (χ4v) is 3.29. The van der Waals surface area contributed by atoms with Crippen molar-refractivity contribution in [1.29, 1.82) is 0 Å². The van der Waals surface area contributed by atoms with Gasteiger partial charge >= 0.3 is 0 Å². The van der Waals surface area contributed by atoms with Gasteiger partial charge in [-0.1, -0.05) is 22.9 Å². The number of hydrogen-bond donors (Lipinski definition) is 1. The number of benzene rings is 1. The second kappa shape index (κ2) is 6.64. The normalized spacial score (nSPS) is 12.6. The first-order chi connectivity index (χ1) is 9.11. The fraction of sp³-hybridized carbons (Fsp3) is 0.333. The van der Waals surface area contributed by atoms with Gasteiger partial charge in [-0.2, -0.15) is 0 Å². The SMILES string of the molecule is CCCNC(C)c1ccc(-c2cc(Br)ccc2F)s1. The lowest BCUT2D eigenvalue weighted by Crippen LogP contribution is -2.18. The molecule has 1 atom stereocenters. The summed E-state index contributed by atoms with van der Waals surface area (Å²) in [6.07, 6.45) is 1.11. The zero-order valence-electron chi connectivity index (χ0n) is 11.0. The average molecular weight is 342 g/mol. The van der Waals surface area contributed by atoms with Crippen LogP contribution in [-0.4, -0.2) is 6.54 Å². The Labute approximate surface area is 126 Å². The van der Waals surface area contributed by atoms with Crippen molar-refractivity contribution in [3.05, 3.63) is 45.5 Å². The summed E-state index contributed by atoms with van der Waals surface area (Å²) in [6.45, 7) is 5.29. The first kappa shape index (κ1) is 14.7. The average Bonchev–Trinajstić information content (AvgIpc) is 2.88. The molecule has 1 aromatic carbocycles. The predicted molar refractivity (Wildman–Crippen MR) is 84.1 cm³/mol. The van der Waals surface area contributed by atoms with Crippen LogP contribution in [0.15, 0.2) is 34.8 Å². The van der Waals surface area contributed by atoms with E-state index in [1.807, 2.05) is 12.1 Å². The Hall–Kier alpha value is -0.710. The topological polar surface area (TPSA) is 12.0 Å². The van der Waals surface area contributed by atoms with Gasteiger partial charge in [-0.25, -0.2) is 4.39 Å². The van der Waals surface area contributed by atoms with E-state index >= 15 is 0 Å². The molecule has 2 aromatic rings. The molecule has 0 aliphatic carbocycles. The zero-order valence-corrected chi connectivity index (χ0v) is 13.4. The van der Waals surface area contributed by atoms with Gasteiger partial charge in [-0.3, -0.25) is 0 Å². The third-order valence-electron chi connectivity index (χ3n) is 2.95. The molecule has 0 spiro atoms. The van der Waals surface area contributed by atoms with Gasteiger partial charge in [0, 0.05) is 25.8 Å². The van der Waals surface area contributed by atoms with E-state index in [4.69, 9.17) is 0 Å². The van der Waals surface area contributed by atoms with Crippen LogP contribution in [0.5, 0.6) is 0 Å². The van der Waals surface area contributed by atoms with E-state index in [1.165, 1.54) is 10.9 Å². The Morgan fingerprint density at radius 2 is 2.11 bits per heavy atom. The summed E-state index contributed by atoms with van der Waals surface area (Å²) in [5.41, 5.74) is 0.660. The monoisotopic (exact) mass is 341 g/mol.